The second-order valence-corrected chi connectivity index (χ2v) is 8.48. The second kappa shape index (κ2) is 9.56. The number of aromatic nitrogens is 4. The van der Waals surface area contributed by atoms with Gasteiger partial charge < -0.3 is 9.67 Å². The van der Waals surface area contributed by atoms with Crippen LogP contribution in [-0.2, 0) is 40.3 Å². The summed E-state index contributed by atoms with van der Waals surface area (Å²) in [7, 11) is 3.07. The van der Waals surface area contributed by atoms with E-state index in [-0.39, 0.29) is 6.54 Å². The Labute approximate surface area is 192 Å². The molecular weight excluding hydrogens is 418 g/mol. The first-order chi connectivity index (χ1) is 15.8. The van der Waals surface area contributed by atoms with Crippen molar-refractivity contribution in [2.75, 3.05) is 0 Å². The molecule has 2 heterocycles. The normalized spacial score (nSPS) is 12.5. The molecule has 0 unspecified atom stereocenters. The predicted octanol–water partition coefficient (Wildman–Crippen LogP) is 2.02. The van der Waals surface area contributed by atoms with E-state index in [9.17, 15) is 14.7 Å². The van der Waals surface area contributed by atoms with Crippen molar-refractivity contribution in [2.45, 2.75) is 39.2 Å². The average molecular weight is 448 g/mol. The number of hydrogen-bond donors (Lipinski definition) is 1. The van der Waals surface area contributed by atoms with Crippen LogP contribution >= 0.6 is 0 Å². The third kappa shape index (κ3) is 4.81. The van der Waals surface area contributed by atoms with Gasteiger partial charge in [-0.3, -0.25) is 18.8 Å². The summed E-state index contributed by atoms with van der Waals surface area (Å²) in [5.41, 5.74) is 2.15. The minimum atomic E-state index is -0.681. The van der Waals surface area contributed by atoms with Gasteiger partial charge in [-0.2, -0.15) is 0 Å². The summed E-state index contributed by atoms with van der Waals surface area (Å²) in [4.78, 5) is 32.4. The summed E-state index contributed by atoms with van der Waals surface area (Å²) >= 11 is 0. The smallest absolute Gasteiger partial charge is 0.332 e. The van der Waals surface area contributed by atoms with Gasteiger partial charge in [-0.1, -0.05) is 60.7 Å². The summed E-state index contributed by atoms with van der Waals surface area (Å²) in [5.74, 6) is 0.635. The summed E-state index contributed by atoms with van der Waals surface area (Å²) in [6.45, 7) is 3.70. The van der Waals surface area contributed by atoms with Crippen LogP contribution < -0.4 is 11.2 Å². The fourth-order valence-electron chi connectivity index (χ4n) is 4.12. The highest BCUT2D eigenvalue weighted by molar-refractivity contribution is 5.71. The maximum Gasteiger partial charge on any atom is 0.332 e. The Morgan fingerprint density at radius 1 is 0.879 bits per heavy atom. The van der Waals surface area contributed by atoms with Gasteiger partial charge in [0.25, 0.3) is 5.56 Å². The van der Waals surface area contributed by atoms with Gasteiger partial charge in [0.2, 0.25) is 0 Å². The van der Waals surface area contributed by atoms with Crippen molar-refractivity contribution in [1.82, 2.24) is 23.6 Å². The van der Waals surface area contributed by atoms with E-state index in [0.29, 0.717) is 36.6 Å². The molecule has 4 aromatic rings. The van der Waals surface area contributed by atoms with Crippen molar-refractivity contribution in [1.29, 1.82) is 0 Å². The van der Waals surface area contributed by atoms with Gasteiger partial charge in [0.15, 0.2) is 11.2 Å². The first-order valence-corrected chi connectivity index (χ1v) is 11.0. The molecule has 0 bridgehead atoms. The SMILES string of the molecule is C[C@H](O)Cn1c(CN(Cc2ccccc2)Cc2ccccc2)nc2c1c(=O)n(C)c(=O)n2C. The molecule has 0 amide bonds. The largest absolute Gasteiger partial charge is 0.392 e. The van der Waals surface area contributed by atoms with E-state index in [4.69, 9.17) is 4.98 Å². The first-order valence-electron chi connectivity index (χ1n) is 11.0. The molecular formula is C25H29N5O3. The van der Waals surface area contributed by atoms with E-state index < -0.39 is 17.4 Å². The van der Waals surface area contributed by atoms with E-state index >= 15 is 0 Å². The molecule has 2 aromatic heterocycles. The zero-order valence-electron chi connectivity index (χ0n) is 19.2. The fraction of sp³-hybridized carbons (Fsp3) is 0.320. The number of benzene rings is 2. The van der Waals surface area contributed by atoms with Crippen LogP contribution in [0.5, 0.6) is 0 Å². The molecule has 0 saturated carbocycles. The number of fused-ring (bicyclic) bond motifs is 1. The summed E-state index contributed by atoms with van der Waals surface area (Å²) in [5, 5.41) is 10.2. The molecule has 0 fully saturated rings. The Morgan fingerprint density at radius 3 is 1.94 bits per heavy atom. The van der Waals surface area contributed by atoms with Crippen LogP contribution in [0.1, 0.15) is 23.9 Å². The highest BCUT2D eigenvalue weighted by Gasteiger charge is 2.22. The molecule has 33 heavy (non-hydrogen) atoms. The maximum absolute atomic E-state index is 13.0. The highest BCUT2D eigenvalue weighted by Crippen LogP contribution is 2.18. The van der Waals surface area contributed by atoms with Crippen molar-refractivity contribution in [3.63, 3.8) is 0 Å². The second-order valence-electron chi connectivity index (χ2n) is 8.48. The van der Waals surface area contributed by atoms with Crippen LogP contribution in [0.3, 0.4) is 0 Å². The van der Waals surface area contributed by atoms with Crippen molar-refractivity contribution in [3.8, 4) is 0 Å². The monoisotopic (exact) mass is 447 g/mol. The number of aliphatic hydroxyl groups is 1. The van der Waals surface area contributed by atoms with Crippen molar-refractivity contribution in [2.24, 2.45) is 14.1 Å². The molecule has 1 atom stereocenters. The first kappa shape index (κ1) is 22.7. The Kier molecular flexibility index (Phi) is 6.57. The number of aliphatic hydroxyl groups excluding tert-OH is 1. The van der Waals surface area contributed by atoms with E-state index in [2.05, 4.69) is 29.2 Å². The van der Waals surface area contributed by atoms with Gasteiger partial charge in [-0.15, -0.1) is 0 Å². The third-order valence-corrected chi connectivity index (χ3v) is 5.74. The minimum absolute atomic E-state index is 0.212. The van der Waals surface area contributed by atoms with Gasteiger partial charge in [0.1, 0.15) is 5.82 Å². The van der Waals surface area contributed by atoms with Crippen molar-refractivity contribution < 1.29 is 5.11 Å². The van der Waals surface area contributed by atoms with E-state index in [1.807, 2.05) is 36.4 Å². The molecule has 4 rings (SSSR count). The van der Waals surface area contributed by atoms with Gasteiger partial charge in [0.05, 0.1) is 19.2 Å². The van der Waals surface area contributed by atoms with Crippen molar-refractivity contribution >= 4 is 11.2 Å². The molecule has 0 aliphatic rings. The lowest BCUT2D eigenvalue weighted by Gasteiger charge is -2.23. The summed E-state index contributed by atoms with van der Waals surface area (Å²) in [6.07, 6.45) is -0.681. The topological polar surface area (TPSA) is 85.3 Å². The molecule has 0 aliphatic heterocycles. The number of nitrogens with zero attached hydrogens (tertiary/aromatic N) is 5. The zero-order valence-corrected chi connectivity index (χ0v) is 19.2. The van der Waals surface area contributed by atoms with E-state index in [1.165, 1.54) is 11.6 Å². The fourth-order valence-corrected chi connectivity index (χ4v) is 4.12. The lowest BCUT2D eigenvalue weighted by molar-refractivity contribution is 0.169. The quantitative estimate of drug-likeness (QED) is 0.447. The van der Waals surface area contributed by atoms with Crippen LogP contribution in [0.15, 0.2) is 70.3 Å². The summed E-state index contributed by atoms with van der Waals surface area (Å²) < 4.78 is 4.22. The molecule has 2 aromatic carbocycles. The number of imidazole rings is 1. The van der Waals surface area contributed by atoms with Crippen LogP contribution in [0.4, 0.5) is 0 Å². The Bertz CT molecular complexity index is 1310. The van der Waals surface area contributed by atoms with Gasteiger partial charge in [-0.05, 0) is 18.1 Å². The average Bonchev–Trinajstić information content (AvgIpc) is 3.15. The highest BCUT2D eigenvalue weighted by atomic mass is 16.3. The molecule has 172 valence electrons. The molecule has 0 spiro atoms. The standard InChI is InChI=1S/C25H29N5O3/c1-18(31)14-30-21(26-23-22(30)24(32)28(3)25(33)27(23)2)17-29(15-19-10-6-4-7-11-19)16-20-12-8-5-9-13-20/h4-13,18,31H,14-17H2,1-3H3/t18-/m0/s1. The zero-order chi connectivity index (χ0) is 23.5. The molecule has 0 saturated heterocycles. The molecule has 1 N–H and O–H groups in total. The third-order valence-electron chi connectivity index (χ3n) is 5.74. The van der Waals surface area contributed by atoms with E-state index in [0.717, 1.165) is 15.7 Å². The Hall–Kier alpha value is -3.49. The maximum atomic E-state index is 13.0. The Balaban J connectivity index is 1.80. The molecule has 8 heteroatoms. The van der Waals surface area contributed by atoms with Crippen molar-refractivity contribution in [3.05, 3.63) is 98.5 Å². The number of hydrogen-bond acceptors (Lipinski definition) is 5. The lowest BCUT2D eigenvalue weighted by Crippen LogP contribution is -2.37. The van der Waals surface area contributed by atoms with Crippen LogP contribution in [0, 0.1) is 0 Å². The molecule has 0 radical (unpaired) electrons. The predicted molar refractivity (Wildman–Crippen MR) is 128 cm³/mol. The van der Waals surface area contributed by atoms with Gasteiger partial charge >= 0.3 is 5.69 Å². The molecule has 8 nitrogen and oxygen atoms in total. The number of aryl methyl sites for hydroxylation is 1. The van der Waals surface area contributed by atoms with Gasteiger partial charge in [0, 0.05) is 27.2 Å². The number of rotatable bonds is 8. The van der Waals surface area contributed by atoms with E-state index in [1.54, 1.807) is 18.5 Å². The lowest BCUT2D eigenvalue weighted by atomic mass is 10.1. The Morgan fingerprint density at radius 2 is 1.42 bits per heavy atom. The summed E-state index contributed by atoms with van der Waals surface area (Å²) in [6, 6.07) is 20.3. The minimum Gasteiger partial charge on any atom is -0.392 e. The van der Waals surface area contributed by atoms with Crippen LogP contribution in [-0.4, -0.2) is 34.8 Å². The van der Waals surface area contributed by atoms with Crippen LogP contribution in [0.25, 0.3) is 11.2 Å². The van der Waals surface area contributed by atoms with Gasteiger partial charge in [-0.25, -0.2) is 9.78 Å². The molecule has 0 aliphatic carbocycles. The van der Waals surface area contributed by atoms with Crippen LogP contribution in [0.2, 0.25) is 0 Å².